The number of hydrogen-bond donors (Lipinski definition) is 0. The van der Waals surface area contributed by atoms with E-state index in [1.54, 1.807) is 0 Å². The van der Waals surface area contributed by atoms with Gasteiger partial charge in [0.05, 0.1) is 12.7 Å². The molecule has 2 atom stereocenters. The zero-order chi connectivity index (χ0) is 15.0. The molecule has 3 heteroatoms. The molecule has 0 aromatic carbocycles. The first-order chi connectivity index (χ1) is 9.60. The van der Waals surface area contributed by atoms with E-state index in [0.717, 1.165) is 37.9 Å². The summed E-state index contributed by atoms with van der Waals surface area (Å²) < 4.78 is 11.1. The molecule has 0 N–H and O–H groups in total. The second-order valence-electron chi connectivity index (χ2n) is 5.32. The molecule has 114 valence electrons. The van der Waals surface area contributed by atoms with Crippen LogP contribution in [-0.2, 0) is 14.3 Å². The minimum absolute atomic E-state index is 0.242. The van der Waals surface area contributed by atoms with Gasteiger partial charge in [-0.05, 0) is 32.3 Å². The summed E-state index contributed by atoms with van der Waals surface area (Å²) in [5, 5.41) is 0. The molecule has 0 aliphatic carbocycles. The standard InChI is InChI=1S/C17H28O3/c1-5-9-10-11-17(7-3)13-14(6-2)15(20-17)12-16(18)19-8-4/h10-12,14H,5-9,13H2,1-4H3/b11-10+,15-12+/t14-,17+/m0/s1. The lowest BCUT2D eigenvalue weighted by Crippen LogP contribution is -2.23. The number of unbranched alkanes of at least 4 members (excludes halogenated alkanes) is 1. The van der Waals surface area contributed by atoms with E-state index in [1.165, 1.54) is 6.08 Å². The van der Waals surface area contributed by atoms with Gasteiger partial charge in [-0.2, -0.15) is 0 Å². The predicted octanol–water partition coefficient (Wildman–Crippen LogP) is 4.39. The lowest BCUT2D eigenvalue weighted by Gasteiger charge is -2.23. The lowest BCUT2D eigenvalue weighted by atomic mass is 9.89. The molecular formula is C17H28O3. The van der Waals surface area contributed by atoms with Gasteiger partial charge < -0.3 is 9.47 Å². The van der Waals surface area contributed by atoms with Crippen molar-refractivity contribution < 1.29 is 14.3 Å². The van der Waals surface area contributed by atoms with Crippen LogP contribution in [0.2, 0.25) is 0 Å². The van der Waals surface area contributed by atoms with Crippen LogP contribution in [-0.4, -0.2) is 18.2 Å². The van der Waals surface area contributed by atoms with Crippen LogP contribution < -0.4 is 0 Å². The number of allylic oxidation sites excluding steroid dienone is 2. The van der Waals surface area contributed by atoms with Gasteiger partial charge in [-0.1, -0.05) is 33.3 Å². The van der Waals surface area contributed by atoms with Gasteiger partial charge in [0.1, 0.15) is 11.4 Å². The monoisotopic (exact) mass is 280 g/mol. The van der Waals surface area contributed by atoms with E-state index < -0.39 is 0 Å². The number of carbonyl (C=O) groups is 1. The molecule has 0 radical (unpaired) electrons. The SMILES string of the molecule is CCC/C=C/[C@]1(CC)C[C@H](CC)/C(=C\C(=O)OCC)O1. The van der Waals surface area contributed by atoms with Crippen molar-refractivity contribution in [3.8, 4) is 0 Å². The molecular weight excluding hydrogens is 252 g/mol. The Morgan fingerprint density at radius 2 is 2.15 bits per heavy atom. The zero-order valence-electron chi connectivity index (χ0n) is 13.3. The predicted molar refractivity (Wildman–Crippen MR) is 81.3 cm³/mol. The minimum Gasteiger partial charge on any atom is -0.487 e. The molecule has 0 aromatic heterocycles. The number of hydrogen-bond acceptors (Lipinski definition) is 3. The van der Waals surface area contributed by atoms with Crippen molar-refractivity contribution in [1.29, 1.82) is 0 Å². The van der Waals surface area contributed by atoms with Gasteiger partial charge in [0, 0.05) is 12.3 Å². The van der Waals surface area contributed by atoms with E-state index in [-0.39, 0.29) is 11.6 Å². The summed E-state index contributed by atoms with van der Waals surface area (Å²) in [6.07, 6.45) is 11.0. The molecule has 0 spiro atoms. The first-order valence-electron chi connectivity index (χ1n) is 7.85. The molecule has 1 heterocycles. The first-order valence-corrected chi connectivity index (χ1v) is 7.85. The average Bonchev–Trinajstić information content (AvgIpc) is 2.78. The molecule has 1 fully saturated rings. The second kappa shape index (κ2) is 8.13. The van der Waals surface area contributed by atoms with Crippen molar-refractivity contribution in [2.75, 3.05) is 6.61 Å². The van der Waals surface area contributed by atoms with Crippen LogP contribution in [0.1, 0.15) is 59.8 Å². The zero-order valence-corrected chi connectivity index (χ0v) is 13.3. The minimum atomic E-state index is -0.301. The highest BCUT2D eigenvalue weighted by atomic mass is 16.5. The fourth-order valence-corrected chi connectivity index (χ4v) is 2.57. The fraction of sp³-hybridized carbons (Fsp3) is 0.706. The van der Waals surface area contributed by atoms with Crippen molar-refractivity contribution in [2.45, 2.75) is 65.4 Å². The van der Waals surface area contributed by atoms with Gasteiger partial charge in [-0.3, -0.25) is 0 Å². The summed E-state index contributed by atoms with van der Waals surface area (Å²) in [6, 6.07) is 0. The Balaban J connectivity index is 2.86. The molecule has 0 amide bonds. The molecule has 1 aliphatic heterocycles. The molecule has 3 nitrogen and oxygen atoms in total. The Labute approximate surface area is 123 Å². The van der Waals surface area contributed by atoms with Crippen LogP contribution in [0.5, 0.6) is 0 Å². The van der Waals surface area contributed by atoms with E-state index in [9.17, 15) is 4.79 Å². The topological polar surface area (TPSA) is 35.5 Å². The summed E-state index contributed by atoms with van der Waals surface area (Å²) in [4.78, 5) is 11.6. The van der Waals surface area contributed by atoms with Gasteiger partial charge in [0.25, 0.3) is 0 Å². The van der Waals surface area contributed by atoms with Crippen molar-refractivity contribution in [3.63, 3.8) is 0 Å². The first kappa shape index (κ1) is 16.8. The highest BCUT2D eigenvalue weighted by Gasteiger charge is 2.40. The fourth-order valence-electron chi connectivity index (χ4n) is 2.57. The third kappa shape index (κ3) is 4.39. The molecule has 1 rings (SSSR count). The van der Waals surface area contributed by atoms with Crippen molar-refractivity contribution in [2.24, 2.45) is 5.92 Å². The quantitative estimate of drug-likeness (QED) is 0.394. The molecule has 1 aliphatic rings. The van der Waals surface area contributed by atoms with Crippen molar-refractivity contribution in [3.05, 3.63) is 24.0 Å². The maximum atomic E-state index is 11.6. The van der Waals surface area contributed by atoms with Gasteiger partial charge in [-0.25, -0.2) is 4.79 Å². The summed E-state index contributed by atoms with van der Waals surface area (Å²) in [5.74, 6) is 0.796. The highest BCUT2D eigenvalue weighted by molar-refractivity contribution is 5.82. The molecule has 20 heavy (non-hydrogen) atoms. The van der Waals surface area contributed by atoms with Gasteiger partial charge in [0.15, 0.2) is 0 Å². The summed E-state index contributed by atoms with van der Waals surface area (Å²) in [5.41, 5.74) is -0.242. The van der Waals surface area contributed by atoms with E-state index >= 15 is 0 Å². The third-order valence-corrected chi connectivity index (χ3v) is 3.83. The van der Waals surface area contributed by atoms with Gasteiger partial charge in [0.2, 0.25) is 0 Å². The Morgan fingerprint density at radius 1 is 1.40 bits per heavy atom. The number of esters is 1. The van der Waals surface area contributed by atoms with Crippen molar-refractivity contribution >= 4 is 5.97 Å². The molecule has 0 saturated carbocycles. The van der Waals surface area contributed by atoms with Gasteiger partial charge in [-0.15, -0.1) is 0 Å². The molecule has 1 saturated heterocycles. The van der Waals surface area contributed by atoms with E-state index in [0.29, 0.717) is 12.5 Å². The maximum absolute atomic E-state index is 11.6. The van der Waals surface area contributed by atoms with E-state index in [4.69, 9.17) is 9.47 Å². The van der Waals surface area contributed by atoms with Gasteiger partial charge >= 0.3 is 5.97 Å². The van der Waals surface area contributed by atoms with E-state index in [2.05, 4.69) is 32.9 Å². The Morgan fingerprint density at radius 3 is 2.70 bits per heavy atom. The summed E-state index contributed by atoms with van der Waals surface area (Å²) >= 11 is 0. The van der Waals surface area contributed by atoms with Crippen LogP contribution in [0.3, 0.4) is 0 Å². The van der Waals surface area contributed by atoms with Crippen LogP contribution in [0.4, 0.5) is 0 Å². The lowest BCUT2D eigenvalue weighted by molar-refractivity contribution is -0.137. The average molecular weight is 280 g/mol. The smallest absolute Gasteiger partial charge is 0.334 e. The number of rotatable bonds is 7. The number of carbonyl (C=O) groups excluding carboxylic acids is 1. The number of ether oxygens (including phenoxy) is 2. The summed E-state index contributed by atoms with van der Waals surface area (Å²) in [6.45, 7) is 8.64. The third-order valence-electron chi connectivity index (χ3n) is 3.83. The second-order valence-corrected chi connectivity index (χ2v) is 5.32. The highest BCUT2D eigenvalue weighted by Crippen LogP contribution is 2.42. The van der Waals surface area contributed by atoms with Crippen LogP contribution in [0, 0.1) is 5.92 Å². The van der Waals surface area contributed by atoms with E-state index in [1.807, 2.05) is 6.92 Å². The molecule has 0 bridgehead atoms. The Bertz CT molecular complexity index is 370. The Kier molecular flexibility index (Phi) is 6.83. The van der Waals surface area contributed by atoms with Crippen molar-refractivity contribution in [1.82, 2.24) is 0 Å². The maximum Gasteiger partial charge on any atom is 0.334 e. The van der Waals surface area contributed by atoms with Crippen LogP contribution in [0.15, 0.2) is 24.0 Å². The normalized spacial score (nSPS) is 28.0. The van der Waals surface area contributed by atoms with Crippen LogP contribution in [0.25, 0.3) is 0 Å². The largest absolute Gasteiger partial charge is 0.487 e. The molecule has 0 unspecified atom stereocenters. The Hall–Kier alpha value is -1.25. The van der Waals surface area contributed by atoms with Crippen LogP contribution >= 0.6 is 0 Å². The summed E-state index contributed by atoms with van der Waals surface area (Å²) in [7, 11) is 0. The molecule has 0 aromatic rings.